The average molecular weight is 243 g/mol. The Bertz CT molecular complexity index is 594. The first-order valence-electron chi connectivity index (χ1n) is 5.34. The average Bonchev–Trinajstić information content (AvgIpc) is 2.40. The zero-order valence-electron chi connectivity index (χ0n) is 9.42. The number of benzene rings is 2. The fraction of sp³-hybridized carbons (Fsp3) is 0. The Morgan fingerprint density at radius 1 is 1.11 bits per heavy atom. The van der Waals surface area contributed by atoms with E-state index in [4.69, 9.17) is 0 Å². The van der Waals surface area contributed by atoms with E-state index in [1.54, 1.807) is 36.4 Å². The summed E-state index contributed by atoms with van der Waals surface area (Å²) in [6.07, 6.45) is 1.28. The van der Waals surface area contributed by atoms with E-state index in [0.717, 1.165) is 0 Å². The molecule has 0 saturated carbocycles. The van der Waals surface area contributed by atoms with Crippen LogP contribution >= 0.6 is 0 Å². The van der Waals surface area contributed by atoms with Crippen molar-refractivity contribution in [3.05, 3.63) is 75.8 Å². The first-order valence-corrected chi connectivity index (χ1v) is 5.34. The van der Waals surface area contributed by atoms with Crippen LogP contribution < -0.4 is 0 Å². The van der Waals surface area contributed by atoms with Gasteiger partial charge in [0, 0.05) is 17.7 Å². The molecule has 0 radical (unpaired) electrons. The van der Waals surface area contributed by atoms with Crippen LogP contribution in [0, 0.1) is 10.1 Å². The summed E-state index contributed by atoms with van der Waals surface area (Å²) in [7, 11) is 0. The van der Waals surface area contributed by atoms with Crippen molar-refractivity contribution in [3.8, 4) is 0 Å². The Balaban J connectivity index is 2.33. The summed E-state index contributed by atoms with van der Waals surface area (Å²) in [6.45, 7) is 0. The minimum atomic E-state index is -0.502. The fourth-order valence-corrected chi connectivity index (χ4v) is 1.56. The molecular formula is C14H10FNO2. The Labute approximate surface area is 103 Å². The molecule has 0 aliphatic heterocycles. The highest BCUT2D eigenvalue weighted by atomic mass is 19.1. The smallest absolute Gasteiger partial charge is 0.258 e. The van der Waals surface area contributed by atoms with Crippen LogP contribution in [0.4, 0.5) is 10.1 Å². The van der Waals surface area contributed by atoms with Gasteiger partial charge in [-0.3, -0.25) is 10.1 Å². The third-order valence-electron chi connectivity index (χ3n) is 2.42. The van der Waals surface area contributed by atoms with Gasteiger partial charge in [-0.2, -0.15) is 0 Å². The number of non-ortho nitro benzene ring substituents is 1. The van der Waals surface area contributed by atoms with Gasteiger partial charge >= 0.3 is 0 Å². The minimum absolute atomic E-state index is 0.0513. The molecular weight excluding hydrogens is 233 g/mol. The molecule has 18 heavy (non-hydrogen) atoms. The number of nitro groups is 1. The molecule has 0 saturated heterocycles. The molecule has 0 atom stereocenters. The molecule has 0 aliphatic carbocycles. The number of hydrogen-bond acceptors (Lipinski definition) is 2. The van der Waals surface area contributed by atoms with Crippen molar-refractivity contribution in [2.75, 3.05) is 0 Å². The van der Waals surface area contributed by atoms with Gasteiger partial charge in [0.2, 0.25) is 0 Å². The second-order valence-electron chi connectivity index (χ2n) is 3.71. The van der Waals surface area contributed by atoms with Gasteiger partial charge in [-0.15, -0.1) is 0 Å². The normalized spacial score (nSPS) is 11.3. The van der Waals surface area contributed by atoms with Gasteiger partial charge in [0.05, 0.1) is 4.92 Å². The Morgan fingerprint density at radius 2 is 1.83 bits per heavy atom. The lowest BCUT2D eigenvalue weighted by molar-refractivity contribution is -0.384. The summed E-state index contributed by atoms with van der Waals surface area (Å²) in [5.41, 5.74) is 0.860. The topological polar surface area (TPSA) is 43.1 Å². The van der Waals surface area contributed by atoms with Gasteiger partial charge in [-0.05, 0) is 11.6 Å². The predicted molar refractivity (Wildman–Crippen MR) is 68.5 cm³/mol. The van der Waals surface area contributed by atoms with Crippen molar-refractivity contribution in [2.24, 2.45) is 0 Å². The van der Waals surface area contributed by atoms with Gasteiger partial charge in [-0.1, -0.05) is 42.5 Å². The molecule has 3 nitrogen and oxygen atoms in total. The van der Waals surface area contributed by atoms with Gasteiger partial charge in [0.25, 0.3) is 5.69 Å². The highest BCUT2D eigenvalue weighted by Gasteiger charge is 2.05. The number of hydrogen-bond donors (Lipinski definition) is 0. The van der Waals surface area contributed by atoms with E-state index in [9.17, 15) is 14.5 Å². The summed E-state index contributed by atoms with van der Waals surface area (Å²) in [5, 5.41) is 10.6. The van der Waals surface area contributed by atoms with E-state index >= 15 is 0 Å². The summed E-state index contributed by atoms with van der Waals surface area (Å²) in [5.74, 6) is -0.420. The number of nitrogens with zero attached hydrogens (tertiary/aromatic N) is 1. The molecule has 4 heteroatoms. The van der Waals surface area contributed by atoms with Crippen LogP contribution in [0.3, 0.4) is 0 Å². The lowest BCUT2D eigenvalue weighted by Gasteiger charge is -1.98. The van der Waals surface area contributed by atoms with Crippen LogP contribution in [-0.4, -0.2) is 4.92 Å². The third kappa shape index (κ3) is 2.79. The number of nitro benzene ring substituents is 1. The van der Waals surface area contributed by atoms with E-state index in [2.05, 4.69) is 0 Å². The predicted octanol–water partition coefficient (Wildman–Crippen LogP) is 4.06. The molecule has 0 N–H and O–H groups in total. The van der Waals surface area contributed by atoms with Crippen molar-refractivity contribution in [3.63, 3.8) is 0 Å². The maximum Gasteiger partial charge on any atom is 0.270 e. The zero-order valence-corrected chi connectivity index (χ0v) is 9.42. The maximum absolute atomic E-state index is 13.8. The molecule has 0 aliphatic rings. The van der Waals surface area contributed by atoms with Gasteiger partial charge in [-0.25, -0.2) is 4.39 Å². The number of rotatable bonds is 3. The first kappa shape index (κ1) is 12.0. The largest absolute Gasteiger partial charge is 0.270 e. The van der Waals surface area contributed by atoms with Crippen molar-refractivity contribution in [1.29, 1.82) is 0 Å². The molecule has 0 unspecified atom stereocenters. The first-order chi connectivity index (χ1) is 8.66. The molecule has 0 fully saturated rings. The molecule has 2 aromatic rings. The van der Waals surface area contributed by atoms with Crippen molar-refractivity contribution in [1.82, 2.24) is 0 Å². The standard InChI is InChI=1S/C14H10FNO2/c15-14(12-6-2-1-3-7-12)10-11-5-4-8-13(9-11)16(17)18/h1-10H/b14-10+. The molecule has 0 amide bonds. The van der Waals surface area contributed by atoms with E-state index in [-0.39, 0.29) is 5.69 Å². The summed E-state index contributed by atoms with van der Waals surface area (Å²) >= 11 is 0. The second-order valence-corrected chi connectivity index (χ2v) is 3.71. The van der Waals surface area contributed by atoms with Gasteiger partial charge in [0.1, 0.15) is 5.83 Å². The van der Waals surface area contributed by atoms with E-state index in [1.807, 2.05) is 0 Å². The second kappa shape index (κ2) is 5.23. The van der Waals surface area contributed by atoms with Crippen LogP contribution in [0.2, 0.25) is 0 Å². The van der Waals surface area contributed by atoms with Gasteiger partial charge in [0.15, 0.2) is 0 Å². The van der Waals surface area contributed by atoms with Crippen molar-refractivity contribution >= 4 is 17.6 Å². The molecule has 0 bridgehead atoms. The monoisotopic (exact) mass is 243 g/mol. The molecule has 0 aromatic heterocycles. The van der Waals surface area contributed by atoms with Crippen molar-refractivity contribution in [2.45, 2.75) is 0 Å². The van der Waals surface area contributed by atoms with E-state index < -0.39 is 10.8 Å². The number of halogens is 1. The van der Waals surface area contributed by atoms with Crippen molar-refractivity contribution < 1.29 is 9.31 Å². The molecule has 90 valence electrons. The zero-order chi connectivity index (χ0) is 13.0. The Hall–Kier alpha value is -2.49. The minimum Gasteiger partial charge on any atom is -0.258 e. The molecule has 2 rings (SSSR count). The van der Waals surface area contributed by atoms with E-state index in [1.165, 1.54) is 24.3 Å². The van der Waals surface area contributed by atoms with Crippen LogP contribution in [0.5, 0.6) is 0 Å². The van der Waals surface area contributed by atoms with E-state index in [0.29, 0.717) is 11.1 Å². The Kier molecular flexibility index (Phi) is 3.48. The summed E-state index contributed by atoms with van der Waals surface area (Å²) < 4.78 is 13.8. The van der Waals surface area contributed by atoms with Crippen LogP contribution in [-0.2, 0) is 0 Å². The molecule has 0 heterocycles. The molecule has 2 aromatic carbocycles. The third-order valence-corrected chi connectivity index (χ3v) is 2.42. The quantitative estimate of drug-likeness (QED) is 0.463. The lowest BCUT2D eigenvalue weighted by Crippen LogP contribution is -1.87. The van der Waals surface area contributed by atoms with Crippen LogP contribution in [0.15, 0.2) is 54.6 Å². The Morgan fingerprint density at radius 3 is 2.50 bits per heavy atom. The highest BCUT2D eigenvalue weighted by molar-refractivity contribution is 5.77. The van der Waals surface area contributed by atoms with Crippen LogP contribution in [0.1, 0.15) is 11.1 Å². The fourth-order valence-electron chi connectivity index (χ4n) is 1.56. The SMILES string of the molecule is O=[N+]([O-])c1cccc(/C=C(/F)c2ccccc2)c1. The summed E-state index contributed by atoms with van der Waals surface area (Å²) in [4.78, 5) is 10.1. The van der Waals surface area contributed by atoms with Crippen LogP contribution in [0.25, 0.3) is 11.9 Å². The lowest BCUT2D eigenvalue weighted by atomic mass is 10.1. The van der Waals surface area contributed by atoms with Gasteiger partial charge < -0.3 is 0 Å². The summed E-state index contributed by atoms with van der Waals surface area (Å²) in [6, 6.07) is 14.4. The maximum atomic E-state index is 13.8. The molecule has 0 spiro atoms. The highest BCUT2D eigenvalue weighted by Crippen LogP contribution is 2.21.